The van der Waals surface area contributed by atoms with Crippen LogP contribution in [-0.2, 0) is 0 Å². The van der Waals surface area contributed by atoms with Gasteiger partial charge in [-0.15, -0.1) is 0 Å². The third-order valence-electron chi connectivity index (χ3n) is 2.03. The zero-order valence-corrected chi connectivity index (χ0v) is 8.87. The number of hydrogen-bond donors (Lipinski definition) is 0. The van der Waals surface area contributed by atoms with Gasteiger partial charge in [0.2, 0.25) is 0 Å². The Morgan fingerprint density at radius 2 is 1.69 bits per heavy atom. The summed E-state index contributed by atoms with van der Waals surface area (Å²) in [6.45, 7) is 0. The number of halogens is 3. The van der Waals surface area contributed by atoms with E-state index in [1.165, 1.54) is 6.42 Å². The third-order valence-corrected chi connectivity index (χ3v) is 2.98. The van der Waals surface area contributed by atoms with Gasteiger partial charge in [-0.1, -0.05) is 0 Å². The topological polar surface area (TPSA) is 0 Å². The molecular formula is C9H11F3Se. The maximum absolute atomic E-state index is 11.7. The van der Waals surface area contributed by atoms with E-state index in [1.54, 1.807) is 0 Å². The first-order valence-corrected chi connectivity index (χ1v) is 6.04. The van der Waals surface area contributed by atoms with Gasteiger partial charge in [-0.05, 0) is 0 Å². The Kier molecular flexibility index (Phi) is 4.15. The molecule has 1 saturated carbocycles. The molecule has 0 N–H and O–H groups in total. The van der Waals surface area contributed by atoms with E-state index in [9.17, 15) is 13.2 Å². The molecule has 0 radical (unpaired) electrons. The first-order valence-electron chi connectivity index (χ1n) is 4.33. The number of alkyl halides is 3. The molecule has 0 saturated heterocycles. The van der Waals surface area contributed by atoms with E-state index in [1.807, 2.05) is 0 Å². The van der Waals surface area contributed by atoms with Crippen molar-refractivity contribution < 1.29 is 13.2 Å². The Hall–Kier alpha value is -0.131. The van der Waals surface area contributed by atoms with Gasteiger partial charge in [0.1, 0.15) is 0 Å². The normalized spacial score (nSPS) is 19.3. The van der Waals surface area contributed by atoms with Crippen LogP contribution in [0.25, 0.3) is 0 Å². The van der Waals surface area contributed by atoms with Gasteiger partial charge in [0.05, 0.1) is 0 Å². The van der Waals surface area contributed by atoms with Gasteiger partial charge in [0.15, 0.2) is 0 Å². The van der Waals surface area contributed by atoms with Crippen LogP contribution >= 0.6 is 0 Å². The average Bonchev–Trinajstić information content (AvgIpc) is 2.04. The average molecular weight is 255 g/mol. The predicted molar refractivity (Wildman–Crippen MR) is 46.2 cm³/mol. The molecule has 0 atom stereocenters. The molecule has 4 heteroatoms. The van der Waals surface area contributed by atoms with Crippen LogP contribution in [0.3, 0.4) is 0 Å². The molecule has 1 rings (SSSR count). The number of hydrogen-bond acceptors (Lipinski definition) is 0. The van der Waals surface area contributed by atoms with Gasteiger partial charge in [-0.25, -0.2) is 0 Å². The first-order chi connectivity index (χ1) is 6.08. The van der Waals surface area contributed by atoms with E-state index in [-0.39, 0.29) is 5.92 Å². The van der Waals surface area contributed by atoms with E-state index in [0.29, 0.717) is 0 Å². The van der Waals surface area contributed by atoms with E-state index in [0.717, 1.165) is 25.7 Å². The fraction of sp³-hybridized carbons (Fsp3) is 0.778. The van der Waals surface area contributed by atoms with Crippen LogP contribution in [0, 0.1) is 16.7 Å². The second kappa shape index (κ2) is 4.93. The molecule has 0 nitrogen and oxygen atoms in total. The molecule has 0 bridgehead atoms. The Bertz CT molecular complexity index is 205. The van der Waals surface area contributed by atoms with Crippen molar-refractivity contribution in [3.05, 3.63) is 0 Å². The van der Waals surface area contributed by atoms with Crippen LogP contribution in [0.5, 0.6) is 0 Å². The molecule has 0 unspecified atom stereocenters. The first kappa shape index (κ1) is 10.9. The molecule has 0 aromatic heterocycles. The fourth-order valence-electron chi connectivity index (χ4n) is 1.42. The molecule has 0 amide bonds. The molecule has 0 spiro atoms. The molecule has 13 heavy (non-hydrogen) atoms. The fourth-order valence-corrected chi connectivity index (χ4v) is 2.13. The maximum atomic E-state index is 11.7. The van der Waals surface area contributed by atoms with Crippen LogP contribution in [0.15, 0.2) is 0 Å². The second-order valence-corrected chi connectivity index (χ2v) is 4.96. The summed E-state index contributed by atoms with van der Waals surface area (Å²) in [7, 11) is 0. The minimum atomic E-state index is -4.06. The minimum absolute atomic E-state index is 0.234. The van der Waals surface area contributed by atoms with Gasteiger partial charge in [-0.2, -0.15) is 0 Å². The van der Waals surface area contributed by atoms with Gasteiger partial charge < -0.3 is 0 Å². The monoisotopic (exact) mass is 256 g/mol. The van der Waals surface area contributed by atoms with Gasteiger partial charge >= 0.3 is 82.0 Å². The zero-order chi connectivity index (χ0) is 9.73. The standard InChI is InChI=1S/C9H11F3Se/c10-9(11,12)13-7-6-8-4-2-1-3-5-8/h8H,1-5H2. The van der Waals surface area contributed by atoms with Gasteiger partial charge in [0, 0.05) is 0 Å². The van der Waals surface area contributed by atoms with Crippen LogP contribution in [0.4, 0.5) is 13.2 Å². The van der Waals surface area contributed by atoms with Crippen molar-refractivity contribution in [2.45, 2.75) is 37.2 Å². The Morgan fingerprint density at radius 1 is 1.08 bits per heavy atom. The molecule has 1 aliphatic carbocycles. The van der Waals surface area contributed by atoms with Crippen LogP contribution in [-0.4, -0.2) is 20.0 Å². The molecule has 0 heterocycles. The van der Waals surface area contributed by atoms with Crippen molar-refractivity contribution in [2.24, 2.45) is 5.92 Å². The van der Waals surface area contributed by atoms with Gasteiger partial charge in [0.25, 0.3) is 0 Å². The Labute approximate surface area is 82.4 Å². The summed E-state index contributed by atoms with van der Waals surface area (Å²) in [4.78, 5) is 2.28. The van der Waals surface area contributed by atoms with E-state index in [2.05, 4.69) is 10.7 Å². The number of rotatable bonds is 0. The molecule has 74 valence electrons. The summed E-state index contributed by atoms with van der Waals surface area (Å²) in [5, 5.41) is -4.06. The predicted octanol–water partition coefficient (Wildman–Crippen LogP) is 2.75. The van der Waals surface area contributed by atoms with Crippen molar-refractivity contribution in [3.63, 3.8) is 0 Å². The molecule has 0 aromatic rings. The van der Waals surface area contributed by atoms with Crippen molar-refractivity contribution in [3.8, 4) is 10.7 Å². The van der Waals surface area contributed by atoms with E-state index in [4.69, 9.17) is 0 Å². The second-order valence-electron chi connectivity index (χ2n) is 3.13. The quantitative estimate of drug-likeness (QED) is 0.461. The molecule has 1 aliphatic rings. The van der Waals surface area contributed by atoms with E-state index < -0.39 is 20.0 Å². The van der Waals surface area contributed by atoms with Crippen molar-refractivity contribution in [1.82, 2.24) is 0 Å². The van der Waals surface area contributed by atoms with Crippen molar-refractivity contribution in [2.75, 3.05) is 0 Å². The SMILES string of the molecule is FC(F)(F)[Se]C#CC1CCCCC1. The zero-order valence-electron chi connectivity index (χ0n) is 7.16. The van der Waals surface area contributed by atoms with Gasteiger partial charge in [-0.3, -0.25) is 0 Å². The Balaban J connectivity index is 2.29. The summed E-state index contributed by atoms with van der Waals surface area (Å²) < 4.78 is 35.2. The molecule has 0 aromatic carbocycles. The third kappa shape index (κ3) is 5.23. The van der Waals surface area contributed by atoms with Crippen molar-refractivity contribution >= 4 is 15.0 Å². The van der Waals surface area contributed by atoms with Crippen LogP contribution < -0.4 is 0 Å². The van der Waals surface area contributed by atoms with Crippen LogP contribution in [0.1, 0.15) is 32.1 Å². The molecular weight excluding hydrogens is 244 g/mol. The summed E-state index contributed by atoms with van der Waals surface area (Å²) in [5.74, 6) is 2.97. The summed E-state index contributed by atoms with van der Waals surface area (Å²) >= 11 is -1.50. The summed E-state index contributed by atoms with van der Waals surface area (Å²) in [6.07, 6.45) is 5.43. The summed E-state index contributed by atoms with van der Waals surface area (Å²) in [6, 6.07) is 0. The molecule has 0 aliphatic heterocycles. The molecule has 1 fully saturated rings. The van der Waals surface area contributed by atoms with Crippen LogP contribution in [0.2, 0.25) is 0 Å². The van der Waals surface area contributed by atoms with Crippen molar-refractivity contribution in [1.29, 1.82) is 0 Å². The summed E-state index contributed by atoms with van der Waals surface area (Å²) in [5.41, 5.74) is 0. The Morgan fingerprint density at radius 3 is 2.23 bits per heavy atom. The van der Waals surface area contributed by atoms with E-state index >= 15 is 0 Å².